The monoisotopic (exact) mass is 316 g/mol. The van der Waals surface area contributed by atoms with E-state index in [1.54, 1.807) is 6.08 Å². The SMILES string of the molecule is COC(=O)C1=C[C@H]2C[C@@H](c3ccccc3)[C@@H]1C(=O)C2(OC)OC. The highest BCUT2D eigenvalue weighted by atomic mass is 16.7. The summed E-state index contributed by atoms with van der Waals surface area (Å²) in [5, 5.41) is 0. The quantitative estimate of drug-likeness (QED) is 0.629. The number of benzene rings is 1. The molecule has 23 heavy (non-hydrogen) atoms. The van der Waals surface area contributed by atoms with Gasteiger partial charge in [-0.15, -0.1) is 0 Å². The molecule has 0 aliphatic heterocycles. The second kappa shape index (κ2) is 5.91. The number of carbonyl (C=O) groups excluding carboxylic acids is 2. The van der Waals surface area contributed by atoms with Crippen LogP contribution in [0, 0.1) is 11.8 Å². The first-order chi connectivity index (χ1) is 11.1. The molecule has 0 amide bonds. The third-order valence-corrected chi connectivity index (χ3v) is 5.00. The summed E-state index contributed by atoms with van der Waals surface area (Å²) in [5.41, 5.74) is 1.44. The van der Waals surface area contributed by atoms with Crippen LogP contribution in [0.25, 0.3) is 0 Å². The lowest BCUT2D eigenvalue weighted by molar-refractivity contribution is -0.238. The summed E-state index contributed by atoms with van der Waals surface area (Å²) in [7, 11) is 4.25. The molecule has 1 aromatic carbocycles. The van der Waals surface area contributed by atoms with Gasteiger partial charge in [-0.2, -0.15) is 0 Å². The van der Waals surface area contributed by atoms with Gasteiger partial charge in [-0.1, -0.05) is 36.4 Å². The van der Waals surface area contributed by atoms with Crippen LogP contribution >= 0.6 is 0 Å². The van der Waals surface area contributed by atoms with Gasteiger partial charge in [0, 0.05) is 25.7 Å². The zero-order valence-electron chi connectivity index (χ0n) is 13.4. The van der Waals surface area contributed by atoms with Crippen molar-refractivity contribution in [1.82, 2.24) is 0 Å². The fourth-order valence-electron chi connectivity index (χ4n) is 3.93. The number of hydrogen-bond acceptors (Lipinski definition) is 5. The molecule has 2 bridgehead atoms. The third kappa shape index (κ3) is 2.23. The van der Waals surface area contributed by atoms with E-state index in [9.17, 15) is 9.59 Å². The van der Waals surface area contributed by atoms with Gasteiger partial charge in [0.2, 0.25) is 11.6 Å². The van der Waals surface area contributed by atoms with Gasteiger partial charge >= 0.3 is 5.97 Å². The smallest absolute Gasteiger partial charge is 0.334 e. The molecular formula is C18H20O5. The molecule has 122 valence electrons. The Hall–Kier alpha value is -1.98. The topological polar surface area (TPSA) is 61.8 Å². The summed E-state index contributed by atoms with van der Waals surface area (Å²) in [5.74, 6) is -3.01. The molecule has 3 aliphatic rings. The van der Waals surface area contributed by atoms with Crippen molar-refractivity contribution in [3.63, 3.8) is 0 Å². The Morgan fingerprint density at radius 3 is 2.30 bits per heavy atom. The molecule has 0 heterocycles. The minimum absolute atomic E-state index is 0.0776. The number of methoxy groups -OCH3 is 3. The summed E-state index contributed by atoms with van der Waals surface area (Å²) in [6.45, 7) is 0. The average Bonchev–Trinajstić information content (AvgIpc) is 2.62. The maximum atomic E-state index is 13.1. The number of ether oxygens (including phenoxy) is 3. The van der Waals surface area contributed by atoms with Gasteiger partial charge < -0.3 is 14.2 Å². The molecule has 4 rings (SSSR count). The van der Waals surface area contributed by atoms with E-state index < -0.39 is 17.7 Å². The Kier molecular flexibility index (Phi) is 4.08. The van der Waals surface area contributed by atoms with Crippen molar-refractivity contribution < 1.29 is 23.8 Å². The number of hydrogen-bond donors (Lipinski definition) is 0. The molecule has 0 aromatic heterocycles. The van der Waals surface area contributed by atoms with E-state index in [1.807, 2.05) is 30.3 Å². The van der Waals surface area contributed by atoms with Crippen LogP contribution in [0.2, 0.25) is 0 Å². The summed E-state index contributed by atoms with van der Waals surface area (Å²) in [4.78, 5) is 25.2. The van der Waals surface area contributed by atoms with E-state index in [4.69, 9.17) is 14.2 Å². The number of ketones is 1. The first-order valence-electron chi connectivity index (χ1n) is 7.58. The van der Waals surface area contributed by atoms with Crippen LogP contribution in [-0.4, -0.2) is 38.9 Å². The lowest BCUT2D eigenvalue weighted by Gasteiger charge is -2.49. The molecule has 0 radical (unpaired) electrons. The largest absolute Gasteiger partial charge is 0.466 e. The second-order valence-electron chi connectivity index (χ2n) is 5.89. The van der Waals surface area contributed by atoms with Gasteiger partial charge in [-0.05, 0) is 17.9 Å². The van der Waals surface area contributed by atoms with Crippen molar-refractivity contribution in [3.05, 3.63) is 47.5 Å². The normalized spacial score (nSPS) is 28.4. The first-order valence-corrected chi connectivity index (χ1v) is 7.58. The zero-order valence-corrected chi connectivity index (χ0v) is 13.4. The van der Waals surface area contributed by atoms with E-state index in [0.29, 0.717) is 12.0 Å². The number of rotatable bonds is 4. The van der Waals surface area contributed by atoms with E-state index in [2.05, 4.69) is 0 Å². The Morgan fingerprint density at radius 1 is 1.13 bits per heavy atom. The number of Topliss-reactive ketones (excluding diaryl/α,β-unsaturated/α-hetero) is 1. The zero-order chi connectivity index (χ0) is 16.6. The van der Waals surface area contributed by atoms with E-state index >= 15 is 0 Å². The van der Waals surface area contributed by atoms with E-state index in [0.717, 1.165) is 5.56 Å². The lowest BCUT2D eigenvalue weighted by Crippen LogP contribution is -2.60. The van der Waals surface area contributed by atoms with Gasteiger partial charge in [0.25, 0.3) is 0 Å². The predicted octanol–water partition coefficient (Wildman–Crippen LogP) is 2.08. The highest BCUT2D eigenvalue weighted by molar-refractivity contribution is 6.03. The second-order valence-corrected chi connectivity index (χ2v) is 5.89. The number of carbonyl (C=O) groups is 2. The molecule has 0 unspecified atom stereocenters. The Morgan fingerprint density at radius 2 is 1.78 bits per heavy atom. The van der Waals surface area contributed by atoms with Gasteiger partial charge in [-0.3, -0.25) is 4.79 Å². The van der Waals surface area contributed by atoms with Crippen LogP contribution in [0.4, 0.5) is 0 Å². The van der Waals surface area contributed by atoms with Crippen LogP contribution in [0.3, 0.4) is 0 Å². The Labute approximate surface area is 135 Å². The summed E-state index contributed by atoms with van der Waals surface area (Å²) < 4.78 is 15.8. The molecule has 3 atom stereocenters. The summed E-state index contributed by atoms with van der Waals surface area (Å²) in [6.07, 6.45) is 2.47. The molecule has 5 heteroatoms. The average molecular weight is 316 g/mol. The van der Waals surface area contributed by atoms with E-state index in [1.165, 1.54) is 21.3 Å². The fourth-order valence-corrected chi connectivity index (χ4v) is 3.93. The van der Waals surface area contributed by atoms with Crippen molar-refractivity contribution >= 4 is 11.8 Å². The minimum atomic E-state index is -1.31. The van der Waals surface area contributed by atoms with Gasteiger partial charge in [0.1, 0.15) is 0 Å². The van der Waals surface area contributed by atoms with Crippen LogP contribution in [-0.2, 0) is 23.8 Å². The molecular weight excluding hydrogens is 296 g/mol. The Bertz CT molecular complexity index is 645. The number of fused-ring (bicyclic) bond motifs is 2. The van der Waals surface area contributed by atoms with Gasteiger partial charge in [0.15, 0.2) is 0 Å². The van der Waals surface area contributed by atoms with Crippen molar-refractivity contribution in [3.8, 4) is 0 Å². The van der Waals surface area contributed by atoms with Gasteiger partial charge in [-0.25, -0.2) is 4.79 Å². The molecule has 1 saturated carbocycles. The van der Waals surface area contributed by atoms with Crippen molar-refractivity contribution in [2.24, 2.45) is 11.8 Å². The molecule has 0 spiro atoms. The first kappa shape index (κ1) is 15.9. The lowest BCUT2D eigenvalue weighted by atomic mass is 9.59. The maximum Gasteiger partial charge on any atom is 0.334 e. The highest BCUT2D eigenvalue weighted by Gasteiger charge is 2.60. The van der Waals surface area contributed by atoms with Crippen LogP contribution in [0.5, 0.6) is 0 Å². The van der Waals surface area contributed by atoms with Crippen LogP contribution in [0.1, 0.15) is 17.9 Å². The molecule has 3 aliphatic carbocycles. The summed E-state index contributed by atoms with van der Waals surface area (Å²) >= 11 is 0. The minimum Gasteiger partial charge on any atom is -0.466 e. The van der Waals surface area contributed by atoms with Gasteiger partial charge in [0.05, 0.1) is 13.0 Å². The summed E-state index contributed by atoms with van der Waals surface area (Å²) in [6, 6.07) is 9.76. The predicted molar refractivity (Wildman–Crippen MR) is 82.6 cm³/mol. The maximum absolute atomic E-state index is 13.1. The van der Waals surface area contributed by atoms with Crippen LogP contribution < -0.4 is 0 Å². The Balaban J connectivity index is 2.10. The fraction of sp³-hybridized carbons (Fsp3) is 0.444. The molecule has 0 saturated heterocycles. The van der Waals surface area contributed by atoms with Crippen molar-refractivity contribution in [2.75, 3.05) is 21.3 Å². The van der Waals surface area contributed by atoms with Crippen molar-refractivity contribution in [2.45, 2.75) is 18.1 Å². The molecule has 0 N–H and O–H groups in total. The number of esters is 1. The standard InChI is InChI=1S/C18H20O5/c1-21-17(20)14-10-12-9-13(11-7-5-4-6-8-11)15(14)16(19)18(12,22-2)23-3/h4-8,10,12-13,15H,9H2,1-3H3/t12-,13+,15+/m1/s1. The molecule has 1 aromatic rings. The molecule has 5 nitrogen and oxygen atoms in total. The highest BCUT2D eigenvalue weighted by Crippen LogP contribution is 2.53. The third-order valence-electron chi connectivity index (χ3n) is 5.00. The molecule has 1 fully saturated rings. The van der Waals surface area contributed by atoms with E-state index in [-0.39, 0.29) is 17.6 Å². The van der Waals surface area contributed by atoms with Crippen molar-refractivity contribution in [1.29, 1.82) is 0 Å². The van der Waals surface area contributed by atoms with Crippen LogP contribution in [0.15, 0.2) is 42.0 Å².